The summed E-state index contributed by atoms with van der Waals surface area (Å²) in [5.41, 5.74) is 1.10. The lowest BCUT2D eigenvalue weighted by Gasteiger charge is -2.47. The first-order valence-electron chi connectivity index (χ1n) is 6.94. The van der Waals surface area contributed by atoms with Gasteiger partial charge in [0.2, 0.25) is 0 Å². The van der Waals surface area contributed by atoms with Gasteiger partial charge in [-0.05, 0) is 12.1 Å². The number of para-hydroxylation sites is 1. The molecule has 1 aromatic carbocycles. The summed E-state index contributed by atoms with van der Waals surface area (Å²) in [6.45, 7) is 7.17. The number of aromatic nitrogens is 1. The van der Waals surface area contributed by atoms with Crippen molar-refractivity contribution < 1.29 is 0 Å². The first-order valence-corrected chi connectivity index (χ1v) is 7.76. The Morgan fingerprint density at radius 2 is 2.05 bits per heavy atom. The molecule has 3 fully saturated rings. The van der Waals surface area contributed by atoms with Gasteiger partial charge in [-0.3, -0.25) is 9.80 Å². The average Bonchev–Trinajstić information content (AvgIpc) is 2.89. The highest BCUT2D eigenvalue weighted by Gasteiger charge is 2.31. The molecule has 0 saturated carbocycles. The number of rotatable bonds is 3. The fraction of sp³-hybridized carbons (Fsp3) is 0.500. The molecular formula is C14H18N4S. The van der Waals surface area contributed by atoms with Crippen LogP contribution < -0.4 is 5.32 Å². The molecule has 5 rings (SSSR count). The van der Waals surface area contributed by atoms with Gasteiger partial charge in [0.05, 0.1) is 10.2 Å². The molecule has 2 bridgehead atoms. The van der Waals surface area contributed by atoms with E-state index < -0.39 is 0 Å². The number of nitrogens with one attached hydrogen (secondary N) is 1. The Morgan fingerprint density at radius 3 is 2.79 bits per heavy atom. The SMILES string of the molecule is c1ccc2sc(NCC3CN4CCN3CC4)nc2c1. The lowest BCUT2D eigenvalue weighted by atomic mass is 10.1. The van der Waals surface area contributed by atoms with Crippen molar-refractivity contribution in [2.75, 3.05) is 44.6 Å². The van der Waals surface area contributed by atoms with E-state index in [2.05, 4.69) is 38.3 Å². The fourth-order valence-electron chi connectivity index (χ4n) is 3.07. The van der Waals surface area contributed by atoms with Crippen molar-refractivity contribution in [1.29, 1.82) is 0 Å². The number of anilines is 1. The Kier molecular flexibility index (Phi) is 2.90. The summed E-state index contributed by atoms with van der Waals surface area (Å²) in [5.74, 6) is 0. The van der Waals surface area contributed by atoms with Crippen molar-refractivity contribution in [2.45, 2.75) is 6.04 Å². The van der Waals surface area contributed by atoms with Gasteiger partial charge in [0.25, 0.3) is 0 Å². The van der Waals surface area contributed by atoms with E-state index in [0.717, 1.165) is 17.2 Å². The molecule has 4 heterocycles. The highest BCUT2D eigenvalue weighted by Crippen LogP contribution is 2.25. The van der Waals surface area contributed by atoms with Gasteiger partial charge in [-0.25, -0.2) is 4.98 Å². The standard InChI is InChI=1S/C14H18N4S/c1-2-4-13-12(3-1)16-14(19-13)15-9-11-10-17-5-7-18(11)8-6-17/h1-4,11H,5-10H2,(H,15,16). The normalized spacial score (nSPS) is 29.8. The van der Waals surface area contributed by atoms with E-state index in [1.54, 1.807) is 11.3 Å². The van der Waals surface area contributed by atoms with Gasteiger partial charge in [0.15, 0.2) is 5.13 Å². The van der Waals surface area contributed by atoms with Gasteiger partial charge in [-0.1, -0.05) is 23.5 Å². The number of benzene rings is 1. The number of hydrogen-bond donors (Lipinski definition) is 1. The zero-order valence-electron chi connectivity index (χ0n) is 10.9. The highest BCUT2D eigenvalue weighted by atomic mass is 32.1. The molecule has 2 aromatic rings. The number of piperazine rings is 3. The highest BCUT2D eigenvalue weighted by molar-refractivity contribution is 7.22. The summed E-state index contributed by atoms with van der Waals surface area (Å²) in [5, 5.41) is 4.58. The molecule has 100 valence electrons. The van der Waals surface area contributed by atoms with Crippen molar-refractivity contribution in [3.63, 3.8) is 0 Å². The molecule has 3 aliphatic heterocycles. The van der Waals surface area contributed by atoms with E-state index in [-0.39, 0.29) is 0 Å². The number of fused-ring (bicyclic) bond motifs is 4. The number of nitrogens with zero attached hydrogens (tertiary/aromatic N) is 3. The van der Waals surface area contributed by atoms with Gasteiger partial charge in [0.1, 0.15) is 0 Å². The van der Waals surface area contributed by atoms with Crippen LogP contribution in [0.3, 0.4) is 0 Å². The zero-order chi connectivity index (χ0) is 12.7. The third kappa shape index (κ3) is 2.22. The molecule has 19 heavy (non-hydrogen) atoms. The second kappa shape index (κ2) is 4.74. The summed E-state index contributed by atoms with van der Waals surface area (Å²) in [6, 6.07) is 8.98. The van der Waals surface area contributed by atoms with Crippen LogP contribution in [0.2, 0.25) is 0 Å². The van der Waals surface area contributed by atoms with Gasteiger partial charge in [-0.15, -0.1) is 0 Å². The molecular weight excluding hydrogens is 256 g/mol. The maximum absolute atomic E-state index is 4.63. The first-order chi connectivity index (χ1) is 9.38. The minimum atomic E-state index is 0.648. The van der Waals surface area contributed by atoms with Crippen LogP contribution in [0.4, 0.5) is 5.13 Å². The maximum Gasteiger partial charge on any atom is 0.183 e. The summed E-state index contributed by atoms with van der Waals surface area (Å²) in [6.07, 6.45) is 0. The smallest absolute Gasteiger partial charge is 0.183 e. The van der Waals surface area contributed by atoms with Crippen LogP contribution in [0.25, 0.3) is 10.2 Å². The second-order valence-corrected chi connectivity index (χ2v) is 6.39. The summed E-state index contributed by atoms with van der Waals surface area (Å²) in [7, 11) is 0. The Balaban J connectivity index is 1.44. The monoisotopic (exact) mass is 274 g/mol. The number of thiazole rings is 1. The van der Waals surface area contributed by atoms with Crippen LogP contribution in [-0.2, 0) is 0 Å². The van der Waals surface area contributed by atoms with Crippen molar-refractivity contribution in [2.24, 2.45) is 0 Å². The molecule has 0 aliphatic carbocycles. The third-order valence-corrected chi connectivity index (χ3v) is 5.17. The Labute approximate surface area is 117 Å². The van der Waals surface area contributed by atoms with Gasteiger partial charge >= 0.3 is 0 Å². The van der Waals surface area contributed by atoms with E-state index in [0.29, 0.717) is 6.04 Å². The molecule has 1 aromatic heterocycles. The minimum Gasteiger partial charge on any atom is -0.360 e. The average molecular weight is 274 g/mol. The van der Waals surface area contributed by atoms with Crippen LogP contribution in [0, 0.1) is 0 Å². The third-order valence-electron chi connectivity index (χ3n) is 4.18. The Hall–Kier alpha value is -1.17. The first kappa shape index (κ1) is 11.6. The molecule has 0 radical (unpaired) electrons. The van der Waals surface area contributed by atoms with Crippen molar-refractivity contribution >= 4 is 26.7 Å². The van der Waals surface area contributed by atoms with Crippen LogP contribution in [0.5, 0.6) is 0 Å². The van der Waals surface area contributed by atoms with E-state index in [1.807, 2.05) is 6.07 Å². The van der Waals surface area contributed by atoms with E-state index in [1.165, 1.54) is 37.4 Å². The van der Waals surface area contributed by atoms with Crippen LogP contribution in [0.1, 0.15) is 0 Å². The van der Waals surface area contributed by atoms with E-state index in [9.17, 15) is 0 Å². The lowest BCUT2D eigenvalue weighted by Crippen LogP contribution is -2.62. The molecule has 3 saturated heterocycles. The van der Waals surface area contributed by atoms with Gasteiger partial charge < -0.3 is 5.32 Å². The van der Waals surface area contributed by atoms with E-state index >= 15 is 0 Å². The zero-order valence-corrected chi connectivity index (χ0v) is 11.7. The maximum atomic E-state index is 4.63. The largest absolute Gasteiger partial charge is 0.360 e. The molecule has 5 heteroatoms. The topological polar surface area (TPSA) is 31.4 Å². The fourth-order valence-corrected chi connectivity index (χ4v) is 3.94. The van der Waals surface area contributed by atoms with Gasteiger partial charge in [-0.2, -0.15) is 0 Å². The Morgan fingerprint density at radius 1 is 1.21 bits per heavy atom. The predicted octanol–water partition coefficient (Wildman–Crippen LogP) is 1.71. The number of hydrogen-bond acceptors (Lipinski definition) is 5. The van der Waals surface area contributed by atoms with Crippen LogP contribution >= 0.6 is 11.3 Å². The molecule has 1 atom stereocenters. The second-order valence-electron chi connectivity index (χ2n) is 5.36. The van der Waals surface area contributed by atoms with Crippen LogP contribution in [0.15, 0.2) is 24.3 Å². The van der Waals surface area contributed by atoms with E-state index in [4.69, 9.17) is 0 Å². The summed E-state index contributed by atoms with van der Waals surface area (Å²) < 4.78 is 1.26. The molecule has 0 amide bonds. The van der Waals surface area contributed by atoms with Crippen molar-refractivity contribution in [3.8, 4) is 0 Å². The Bertz CT molecular complexity index is 541. The molecule has 0 spiro atoms. The molecule has 1 N–H and O–H groups in total. The summed E-state index contributed by atoms with van der Waals surface area (Å²) in [4.78, 5) is 9.82. The molecule has 4 nitrogen and oxygen atoms in total. The van der Waals surface area contributed by atoms with Crippen molar-refractivity contribution in [3.05, 3.63) is 24.3 Å². The molecule has 3 aliphatic rings. The van der Waals surface area contributed by atoms with Crippen LogP contribution in [-0.4, -0.2) is 60.1 Å². The summed E-state index contributed by atoms with van der Waals surface area (Å²) >= 11 is 1.75. The van der Waals surface area contributed by atoms with Gasteiger partial charge in [0, 0.05) is 45.3 Å². The predicted molar refractivity (Wildman–Crippen MR) is 79.9 cm³/mol. The molecule has 1 unspecified atom stereocenters. The van der Waals surface area contributed by atoms with Crippen molar-refractivity contribution in [1.82, 2.24) is 14.8 Å². The quantitative estimate of drug-likeness (QED) is 0.923. The lowest BCUT2D eigenvalue weighted by molar-refractivity contribution is 0.0189. The minimum absolute atomic E-state index is 0.648.